The Morgan fingerprint density at radius 1 is 1.13 bits per heavy atom. The average Bonchev–Trinajstić information content (AvgIpc) is 2.73. The van der Waals surface area contributed by atoms with Gasteiger partial charge in [0.1, 0.15) is 5.60 Å². The van der Waals surface area contributed by atoms with Crippen LogP contribution in [0.4, 0.5) is 4.79 Å². The molecule has 1 fully saturated rings. The molecule has 7 heteroatoms. The topological polar surface area (TPSA) is 84.9 Å². The van der Waals surface area contributed by atoms with E-state index in [-0.39, 0.29) is 29.8 Å². The molecule has 0 spiro atoms. The number of benzene rings is 1. The highest BCUT2D eigenvalue weighted by atomic mass is 16.6. The Morgan fingerprint density at radius 2 is 1.74 bits per heavy atom. The maximum atomic E-state index is 12.5. The van der Waals surface area contributed by atoms with Crippen LogP contribution in [0.3, 0.4) is 0 Å². The van der Waals surface area contributed by atoms with E-state index in [0.29, 0.717) is 32.5 Å². The minimum absolute atomic E-state index is 0.213. The molecule has 2 atom stereocenters. The number of carbonyl (C=O) groups is 3. The highest BCUT2D eigenvalue weighted by Gasteiger charge is 2.32. The minimum Gasteiger partial charge on any atom is -0.452 e. The van der Waals surface area contributed by atoms with E-state index in [9.17, 15) is 14.4 Å². The van der Waals surface area contributed by atoms with Crippen LogP contribution < -0.4 is 5.32 Å². The van der Waals surface area contributed by atoms with Crippen molar-refractivity contribution in [2.45, 2.75) is 71.5 Å². The highest BCUT2D eigenvalue weighted by Crippen LogP contribution is 2.22. The summed E-state index contributed by atoms with van der Waals surface area (Å²) in [4.78, 5) is 38.7. The van der Waals surface area contributed by atoms with Crippen LogP contribution in [0.25, 0.3) is 0 Å². The van der Waals surface area contributed by atoms with Crippen molar-refractivity contribution in [3.63, 3.8) is 0 Å². The third-order valence-electron chi connectivity index (χ3n) is 5.43. The average molecular weight is 433 g/mol. The molecule has 0 radical (unpaired) electrons. The fraction of sp³-hybridized carbons (Fsp3) is 0.625. The summed E-state index contributed by atoms with van der Waals surface area (Å²) in [5.41, 5.74) is 0.624. The van der Waals surface area contributed by atoms with Gasteiger partial charge >= 0.3 is 12.1 Å². The van der Waals surface area contributed by atoms with Crippen LogP contribution in [0.15, 0.2) is 30.3 Å². The van der Waals surface area contributed by atoms with E-state index in [1.165, 1.54) is 5.56 Å². The number of nitrogens with one attached hydrogen (secondary N) is 1. The molecule has 0 aromatic heterocycles. The Labute approximate surface area is 185 Å². The van der Waals surface area contributed by atoms with Gasteiger partial charge in [0.15, 0.2) is 6.10 Å². The van der Waals surface area contributed by atoms with Gasteiger partial charge in [-0.05, 0) is 52.5 Å². The van der Waals surface area contributed by atoms with E-state index in [2.05, 4.69) is 12.2 Å². The number of nitrogens with zero attached hydrogens (tertiary/aromatic N) is 1. The number of rotatable bonds is 7. The summed E-state index contributed by atoms with van der Waals surface area (Å²) in [5, 5.41) is 2.90. The minimum atomic E-state index is -0.857. The second-order valence-electron chi connectivity index (χ2n) is 9.08. The lowest BCUT2D eigenvalue weighted by Crippen LogP contribution is -2.44. The molecule has 1 aromatic carbocycles. The maximum Gasteiger partial charge on any atom is 0.410 e. The number of esters is 1. The van der Waals surface area contributed by atoms with Crippen LogP contribution in [-0.2, 0) is 19.1 Å². The van der Waals surface area contributed by atoms with Crippen molar-refractivity contribution in [1.29, 1.82) is 0 Å². The van der Waals surface area contributed by atoms with Crippen molar-refractivity contribution in [3.8, 4) is 0 Å². The fourth-order valence-electron chi connectivity index (χ4n) is 3.54. The Hall–Kier alpha value is -2.57. The largest absolute Gasteiger partial charge is 0.452 e. The van der Waals surface area contributed by atoms with Crippen LogP contribution in [0.5, 0.6) is 0 Å². The molecule has 2 rings (SSSR count). The first-order valence-electron chi connectivity index (χ1n) is 11.1. The molecule has 1 N–H and O–H groups in total. The van der Waals surface area contributed by atoms with Crippen molar-refractivity contribution in [2.75, 3.05) is 19.6 Å². The SMILES string of the molecule is CC[C@@H](CNC(=O)[C@@H](C)OC(=O)C1CCN(C(=O)OC(C)(C)C)CC1)c1ccccc1. The van der Waals surface area contributed by atoms with E-state index < -0.39 is 11.7 Å². The molecule has 1 aliphatic rings. The van der Waals surface area contributed by atoms with Crippen molar-refractivity contribution in [3.05, 3.63) is 35.9 Å². The number of carbonyl (C=O) groups excluding carboxylic acids is 3. The zero-order valence-corrected chi connectivity index (χ0v) is 19.3. The van der Waals surface area contributed by atoms with E-state index in [1.807, 2.05) is 51.1 Å². The number of piperidine rings is 1. The number of ether oxygens (including phenoxy) is 2. The Kier molecular flexibility index (Phi) is 8.89. The third kappa shape index (κ3) is 7.89. The predicted octanol–water partition coefficient (Wildman–Crippen LogP) is 3.88. The van der Waals surface area contributed by atoms with Crippen LogP contribution in [0, 0.1) is 5.92 Å². The lowest BCUT2D eigenvalue weighted by molar-refractivity contribution is -0.160. The summed E-state index contributed by atoms with van der Waals surface area (Å²) in [6, 6.07) is 10.0. The predicted molar refractivity (Wildman–Crippen MR) is 119 cm³/mol. The van der Waals surface area contributed by atoms with Crippen LogP contribution in [0.1, 0.15) is 65.4 Å². The summed E-state index contributed by atoms with van der Waals surface area (Å²) in [6.07, 6.45) is 0.673. The molecule has 172 valence electrons. The van der Waals surface area contributed by atoms with E-state index in [4.69, 9.17) is 9.47 Å². The Balaban J connectivity index is 1.76. The summed E-state index contributed by atoms with van der Waals surface area (Å²) < 4.78 is 10.8. The molecule has 1 aromatic rings. The molecule has 31 heavy (non-hydrogen) atoms. The first-order valence-corrected chi connectivity index (χ1v) is 11.1. The van der Waals surface area contributed by atoms with Gasteiger partial charge in [-0.2, -0.15) is 0 Å². The maximum absolute atomic E-state index is 12.5. The van der Waals surface area contributed by atoms with Crippen molar-refractivity contribution < 1.29 is 23.9 Å². The molecule has 7 nitrogen and oxygen atoms in total. The smallest absolute Gasteiger partial charge is 0.410 e. The molecule has 0 saturated carbocycles. The summed E-state index contributed by atoms with van der Waals surface area (Å²) >= 11 is 0. The lowest BCUT2D eigenvalue weighted by atomic mass is 9.96. The third-order valence-corrected chi connectivity index (χ3v) is 5.43. The zero-order valence-electron chi connectivity index (χ0n) is 19.3. The number of hydrogen-bond donors (Lipinski definition) is 1. The summed E-state index contributed by atoms with van der Waals surface area (Å²) in [7, 11) is 0. The van der Waals surface area contributed by atoms with Gasteiger partial charge in [0, 0.05) is 25.6 Å². The molecule has 1 saturated heterocycles. The van der Waals surface area contributed by atoms with Crippen molar-refractivity contribution in [2.24, 2.45) is 5.92 Å². The summed E-state index contributed by atoms with van der Waals surface area (Å²) in [6.45, 7) is 10.5. The highest BCUT2D eigenvalue weighted by molar-refractivity contribution is 5.84. The fourth-order valence-corrected chi connectivity index (χ4v) is 3.54. The zero-order chi connectivity index (χ0) is 23.0. The Morgan fingerprint density at radius 3 is 2.29 bits per heavy atom. The lowest BCUT2D eigenvalue weighted by Gasteiger charge is -2.32. The van der Waals surface area contributed by atoms with Gasteiger partial charge in [0.2, 0.25) is 0 Å². The van der Waals surface area contributed by atoms with Gasteiger partial charge in [-0.1, -0.05) is 37.3 Å². The molecule has 0 unspecified atom stereocenters. The van der Waals surface area contributed by atoms with Gasteiger partial charge in [-0.15, -0.1) is 0 Å². The van der Waals surface area contributed by atoms with Crippen LogP contribution in [-0.4, -0.2) is 54.2 Å². The van der Waals surface area contributed by atoms with E-state index in [0.717, 1.165) is 6.42 Å². The number of hydrogen-bond acceptors (Lipinski definition) is 5. The second kappa shape index (κ2) is 11.2. The first kappa shape index (κ1) is 24.7. The first-order chi connectivity index (χ1) is 14.6. The second-order valence-corrected chi connectivity index (χ2v) is 9.08. The Bertz CT molecular complexity index is 736. The molecular weight excluding hydrogens is 396 g/mol. The van der Waals surface area contributed by atoms with Gasteiger partial charge in [-0.3, -0.25) is 9.59 Å². The monoisotopic (exact) mass is 432 g/mol. The summed E-state index contributed by atoms with van der Waals surface area (Å²) in [5.74, 6) is -0.789. The quantitative estimate of drug-likeness (QED) is 0.661. The van der Waals surface area contributed by atoms with Crippen molar-refractivity contribution >= 4 is 18.0 Å². The van der Waals surface area contributed by atoms with Crippen LogP contribution in [0.2, 0.25) is 0 Å². The van der Waals surface area contributed by atoms with E-state index >= 15 is 0 Å². The molecule has 1 aliphatic heterocycles. The molecule has 0 aliphatic carbocycles. The van der Waals surface area contributed by atoms with Gasteiger partial charge in [-0.25, -0.2) is 4.79 Å². The van der Waals surface area contributed by atoms with Gasteiger partial charge in [0.05, 0.1) is 5.92 Å². The van der Waals surface area contributed by atoms with Gasteiger partial charge < -0.3 is 19.7 Å². The molecular formula is C24H36N2O5. The van der Waals surface area contributed by atoms with Crippen LogP contribution >= 0.6 is 0 Å². The number of amides is 2. The van der Waals surface area contributed by atoms with Gasteiger partial charge in [0.25, 0.3) is 5.91 Å². The van der Waals surface area contributed by atoms with E-state index in [1.54, 1.807) is 11.8 Å². The molecule has 0 bridgehead atoms. The molecule has 1 heterocycles. The molecule has 2 amide bonds. The number of likely N-dealkylation sites (tertiary alicyclic amines) is 1. The van der Waals surface area contributed by atoms with Crippen molar-refractivity contribution in [1.82, 2.24) is 10.2 Å². The normalized spacial score (nSPS) is 16.9. The standard InChI is InChI=1S/C24H36N2O5/c1-6-18(19-10-8-7-9-11-19)16-25-21(27)17(2)30-22(28)20-12-14-26(15-13-20)23(29)31-24(3,4)5/h7-11,17-18,20H,6,12-16H2,1-5H3,(H,25,27)/t17-,18+/m1/s1.